The lowest BCUT2D eigenvalue weighted by atomic mass is 10.1. The second kappa shape index (κ2) is 6.64. The number of nitrogens with one attached hydrogen (secondary N) is 1. The Morgan fingerprint density at radius 3 is 2.95 bits per heavy atom. The molecular weight excluding hydrogens is 270 g/mol. The van der Waals surface area contributed by atoms with E-state index in [1.54, 1.807) is 0 Å². The second-order valence-electron chi connectivity index (χ2n) is 5.86. The Morgan fingerprint density at radius 1 is 1.23 bits per heavy atom. The highest BCUT2D eigenvalue weighted by Gasteiger charge is 2.24. The van der Waals surface area contributed by atoms with Crippen LogP contribution in [0.1, 0.15) is 23.6 Å². The van der Waals surface area contributed by atoms with E-state index in [9.17, 15) is 0 Å². The highest BCUT2D eigenvalue weighted by molar-refractivity contribution is 5.59. The van der Waals surface area contributed by atoms with Crippen LogP contribution < -0.4 is 10.2 Å². The van der Waals surface area contributed by atoms with Gasteiger partial charge in [0.2, 0.25) is 0 Å². The highest BCUT2D eigenvalue weighted by Crippen LogP contribution is 2.31. The van der Waals surface area contributed by atoms with Gasteiger partial charge < -0.3 is 10.2 Å². The summed E-state index contributed by atoms with van der Waals surface area (Å²) in [7, 11) is 0. The first-order valence-electron chi connectivity index (χ1n) is 7.82. The van der Waals surface area contributed by atoms with Gasteiger partial charge in [-0.3, -0.25) is 0 Å². The molecule has 2 aromatic rings. The molecule has 3 nitrogen and oxygen atoms in total. The van der Waals surface area contributed by atoms with Crippen molar-refractivity contribution in [2.75, 3.05) is 18.0 Å². The number of rotatable bonds is 5. The Kier molecular flexibility index (Phi) is 4.41. The third-order valence-electron chi connectivity index (χ3n) is 4.26. The summed E-state index contributed by atoms with van der Waals surface area (Å²) in [5.41, 5.74) is 4.72. The van der Waals surface area contributed by atoms with Crippen molar-refractivity contribution >= 4 is 5.69 Å². The molecule has 0 bridgehead atoms. The number of fused-ring (bicyclic) bond motifs is 1. The highest BCUT2D eigenvalue weighted by atomic mass is 15.2. The zero-order valence-electron chi connectivity index (χ0n) is 12.9. The van der Waals surface area contributed by atoms with Crippen LogP contribution in [0.4, 0.5) is 5.69 Å². The summed E-state index contributed by atoms with van der Waals surface area (Å²) in [6, 6.07) is 19.2. The van der Waals surface area contributed by atoms with E-state index in [-0.39, 0.29) is 0 Å². The molecule has 0 spiro atoms. The maximum absolute atomic E-state index is 8.92. The fourth-order valence-corrected chi connectivity index (χ4v) is 3.15. The van der Waals surface area contributed by atoms with Gasteiger partial charge >= 0.3 is 0 Å². The van der Waals surface area contributed by atoms with Gasteiger partial charge in [0, 0.05) is 31.4 Å². The van der Waals surface area contributed by atoms with E-state index in [1.165, 1.54) is 11.3 Å². The molecule has 1 unspecified atom stereocenters. The lowest BCUT2D eigenvalue weighted by Crippen LogP contribution is -2.35. The Bertz CT molecular complexity index is 687. The van der Waals surface area contributed by atoms with Gasteiger partial charge in [-0.25, -0.2) is 0 Å². The van der Waals surface area contributed by atoms with Crippen LogP contribution in [0.2, 0.25) is 0 Å². The molecule has 0 radical (unpaired) electrons. The van der Waals surface area contributed by atoms with Crippen LogP contribution in [0, 0.1) is 11.3 Å². The molecule has 1 aliphatic rings. The molecule has 2 aromatic carbocycles. The molecule has 0 aliphatic carbocycles. The first kappa shape index (κ1) is 14.6. The van der Waals surface area contributed by atoms with Gasteiger partial charge in [0.1, 0.15) is 0 Å². The van der Waals surface area contributed by atoms with Crippen molar-refractivity contribution in [3.8, 4) is 6.07 Å². The largest absolute Gasteiger partial charge is 0.367 e. The summed E-state index contributed by atoms with van der Waals surface area (Å²) in [6.45, 7) is 5.04. The minimum atomic E-state index is 0.570. The summed E-state index contributed by atoms with van der Waals surface area (Å²) in [6.07, 6.45) is 1.14. The van der Waals surface area contributed by atoms with E-state index >= 15 is 0 Å². The SMILES string of the molecule is CC1Cc2ccccc2N1CCNCc1cccc(C#N)c1. The van der Waals surface area contributed by atoms with Gasteiger partial charge in [0.15, 0.2) is 0 Å². The molecule has 0 saturated heterocycles. The first-order chi connectivity index (χ1) is 10.8. The van der Waals surface area contributed by atoms with E-state index in [4.69, 9.17) is 5.26 Å². The van der Waals surface area contributed by atoms with Gasteiger partial charge in [-0.05, 0) is 42.7 Å². The molecule has 1 heterocycles. The quantitative estimate of drug-likeness (QED) is 0.860. The Balaban J connectivity index is 1.52. The van der Waals surface area contributed by atoms with E-state index in [0.29, 0.717) is 6.04 Å². The molecule has 0 saturated carbocycles. The lowest BCUT2D eigenvalue weighted by molar-refractivity contribution is 0.618. The van der Waals surface area contributed by atoms with Crippen molar-refractivity contribution in [3.63, 3.8) is 0 Å². The van der Waals surface area contributed by atoms with Crippen molar-refractivity contribution in [2.24, 2.45) is 0 Å². The normalized spacial score (nSPS) is 16.4. The molecule has 0 aromatic heterocycles. The van der Waals surface area contributed by atoms with E-state index in [2.05, 4.69) is 53.5 Å². The molecule has 1 aliphatic heterocycles. The van der Waals surface area contributed by atoms with Crippen LogP contribution in [0.15, 0.2) is 48.5 Å². The van der Waals surface area contributed by atoms with Crippen LogP contribution in [0.25, 0.3) is 0 Å². The van der Waals surface area contributed by atoms with E-state index < -0.39 is 0 Å². The number of hydrogen-bond acceptors (Lipinski definition) is 3. The number of nitrogens with zero attached hydrogens (tertiary/aromatic N) is 2. The fraction of sp³-hybridized carbons (Fsp3) is 0.316. The van der Waals surface area contributed by atoms with Gasteiger partial charge in [0.05, 0.1) is 11.6 Å². The lowest BCUT2D eigenvalue weighted by Gasteiger charge is -2.25. The van der Waals surface area contributed by atoms with Crippen molar-refractivity contribution in [1.82, 2.24) is 5.32 Å². The van der Waals surface area contributed by atoms with Gasteiger partial charge in [0.25, 0.3) is 0 Å². The van der Waals surface area contributed by atoms with Crippen molar-refractivity contribution < 1.29 is 0 Å². The smallest absolute Gasteiger partial charge is 0.0991 e. The monoisotopic (exact) mass is 291 g/mol. The summed E-state index contributed by atoms with van der Waals surface area (Å²) >= 11 is 0. The Morgan fingerprint density at radius 2 is 2.09 bits per heavy atom. The zero-order valence-corrected chi connectivity index (χ0v) is 12.9. The number of benzene rings is 2. The molecule has 22 heavy (non-hydrogen) atoms. The third kappa shape index (κ3) is 3.13. The molecule has 112 valence electrons. The summed E-state index contributed by atoms with van der Waals surface area (Å²) in [5, 5.41) is 12.4. The molecule has 1 N–H and O–H groups in total. The van der Waals surface area contributed by atoms with Crippen LogP contribution in [0.5, 0.6) is 0 Å². The fourth-order valence-electron chi connectivity index (χ4n) is 3.15. The number of anilines is 1. The van der Waals surface area contributed by atoms with Gasteiger partial charge in [-0.2, -0.15) is 5.26 Å². The Labute approximate surface area is 132 Å². The minimum absolute atomic E-state index is 0.570. The van der Waals surface area contributed by atoms with Crippen LogP contribution in [0.3, 0.4) is 0 Å². The van der Waals surface area contributed by atoms with Gasteiger partial charge in [-0.1, -0.05) is 30.3 Å². The number of nitriles is 1. The molecule has 3 heteroatoms. The molecular formula is C19H21N3. The van der Waals surface area contributed by atoms with E-state index in [0.717, 1.165) is 37.2 Å². The number of hydrogen-bond donors (Lipinski definition) is 1. The maximum atomic E-state index is 8.92. The molecule has 0 amide bonds. The average Bonchev–Trinajstić information content (AvgIpc) is 2.87. The first-order valence-corrected chi connectivity index (χ1v) is 7.82. The number of para-hydroxylation sites is 1. The Hall–Kier alpha value is -2.31. The topological polar surface area (TPSA) is 39.1 Å². The van der Waals surface area contributed by atoms with Crippen molar-refractivity contribution in [1.29, 1.82) is 5.26 Å². The minimum Gasteiger partial charge on any atom is -0.367 e. The van der Waals surface area contributed by atoms with Crippen LogP contribution >= 0.6 is 0 Å². The molecule has 1 atom stereocenters. The second-order valence-corrected chi connectivity index (χ2v) is 5.86. The summed E-state index contributed by atoms with van der Waals surface area (Å²) in [4.78, 5) is 2.48. The van der Waals surface area contributed by atoms with Crippen molar-refractivity contribution in [3.05, 3.63) is 65.2 Å². The maximum Gasteiger partial charge on any atom is 0.0991 e. The standard InChI is InChI=1S/C19H21N3/c1-15-11-18-7-2-3-8-19(18)22(15)10-9-21-14-17-6-4-5-16(12-17)13-20/h2-8,12,15,21H,9-11,14H2,1H3. The zero-order chi connectivity index (χ0) is 15.4. The van der Waals surface area contributed by atoms with Crippen LogP contribution in [-0.2, 0) is 13.0 Å². The molecule has 0 fully saturated rings. The average molecular weight is 291 g/mol. The predicted molar refractivity (Wildman–Crippen MR) is 89.8 cm³/mol. The van der Waals surface area contributed by atoms with Crippen molar-refractivity contribution in [2.45, 2.75) is 25.9 Å². The van der Waals surface area contributed by atoms with E-state index in [1.807, 2.05) is 18.2 Å². The molecule has 3 rings (SSSR count). The third-order valence-corrected chi connectivity index (χ3v) is 4.26. The predicted octanol–water partition coefficient (Wildman–Crippen LogP) is 3.10. The van der Waals surface area contributed by atoms with Gasteiger partial charge in [-0.15, -0.1) is 0 Å². The summed E-state index contributed by atoms with van der Waals surface area (Å²) < 4.78 is 0. The van der Waals surface area contributed by atoms with Crippen LogP contribution in [-0.4, -0.2) is 19.1 Å². The summed E-state index contributed by atoms with van der Waals surface area (Å²) in [5.74, 6) is 0.